The molecule has 3 aromatic rings. The lowest BCUT2D eigenvalue weighted by Gasteiger charge is -2.11. The largest absolute Gasteiger partial charge is 0.454 e. The highest BCUT2D eigenvalue weighted by Crippen LogP contribution is 2.32. The number of para-hydroxylation sites is 1. The molecule has 0 fully saturated rings. The molecule has 0 spiro atoms. The lowest BCUT2D eigenvalue weighted by molar-refractivity contribution is -0.114. The molecule has 0 atom stereocenters. The lowest BCUT2D eigenvalue weighted by Crippen LogP contribution is -2.24. The first kappa shape index (κ1) is 22.6. The molecule has 0 bridgehead atoms. The second kappa shape index (κ2) is 10.4. The Morgan fingerprint density at radius 1 is 0.912 bits per heavy atom. The van der Waals surface area contributed by atoms with E-state index in [0.29, 0.717) is 35.0 Å². The maximum atomic E-state index is 12.8. The van der Waals surface area contributed by atoms with E-state index in [1.807, 2.05) is 12.1 Å². The van der Waals surface area contributed by atoms with Gasteiger partial charge in [0.25, 0.3) is 5.91 Å². The molecule has 34 heavy (non-hydrogen) atoms. The number of carbonyl (C=O) groups is 3. The van der Waals surface area contributed by atoms with Crippen molar-refractivity contribution in [1.82, 2.24) is 5.32 Å². The zero-order valence-electron chi connectivity index (χ0n) is 18.5. The average molecular weight is 457 g/mol. The molecule has 1 aliphatic heterocycles. The summed E-state index contributed by atoms with van der Waals surface area (Å²) in [5, 5.41) is 8.30. The molecule has 172 valence electrons. The number of hydrogen-bond donors (Lipinski definition) is 3. The molecule has 0 aromatic heterocycles. The number of fused-ring (bicyclic) bond motifs is 1. The molecule has 4 rings (SSSR count). The van der Waals surface area contributed by atoms with E-state index in [9.17, 15) is 14.4 Å². The van der Waals surface area contributed by atoms with Crippen molar-refractivity contribution >= 4 is 35.2 Å². The van der Waals surface area contributed by atoms with Crippen molar-refractivity contribution in [2.75, 3.05) is 17.4 Å². The summed E-state index contributed by atoms with van der Waals surface area (Å²) < 4.78 is 10.7. The van der Waals surface area contributed by atoms with Gasteiger partial charge in [-0.1, -0.05) is 30.3 Å². The summed E-state index contributed by atoms with van der Waals surface area (Å²) in [7, 11) is 0. The van der Waals surface area contributed by atoms with Gasteiger partial charge in [-0.3, -0.25) is 14.4 Å². The Morgan fingerprint density at radius 3 is 2.47 bits per heavy atom. The lowest BCUT2D eigenvalue weighted by atomic mass is 10.1. The van der Waals surface area contributed by atoms with Crippen molar-refractivity contribution in [3.05, 3.63) is 89.5 Å². The summed E-state index contributed by atoms with van der Waals surface area (Å²) in [4.78, 5) is 36.3. The van der Waals surface area contributed by atoms with Crippen LogP contribution >= 0.6 is 0 Å². The summed E-state index contributed by atoms with van der Waals surface area (Å²) in [6.07, 6.45) is 3.03. The van der Waals surface area contributed by atoms with Crippen molar-refractivity contribution < 1.29 is 23.9 Å². The monoisotopic (exact) mass is 457 g/mol. The van der Waals surface area contributed by atoms with Gasteiger partial charge in [-0.2, -0.15) is 0 Å². The van der Waals surface area contributed by atoms with Crippen LogP contribution in [0.4, 0.5) is 11.4 Å². The average Bonchev–Trinajstić information content (AvgIpc) is 3.30. The van der Waals surface area contributed by atoms with E-state index in [0.717, 1.165) is 11.1 Å². The molecule has 3 N–H and O–H groups in total. The number of carbonyl (C=O) groups excluding carboxylic acids is 3. The predicted molar refractivity (Wildman–Crippen MR) is 129 cm³/mol. The molecule has 1 aliphatic rings. The first-order valence-corrected chi connectivity index (χ1v) is 10.6. The Kier molecular flexibility index (Phi) is 6.88. The maximum Gasteiger partial charge on any atom is 0.253 e. The third-order valence-corrected chi connectivity index (χ3v) is 4.98. The topological polar surface area (TPSA) is 106 Å². The van der Waals surface area contributed by atoms with Gasteiger partial charge in [-0.25, -0.2) is 0 Å². The third kappa shape index (κ3) is 5.80. The highest BCUT2D eigenvalue weighted by atomic mass is 16.7. The van der Waals surface area contributed by atoms with Crippen LogP contribution in [0, 0.1) is 0 Å². The molecule has 0 aliphatic carbocycles. The highest BCUT2D eigenvalue weighted by Gasteiger charge is 2.15. The van der Waals surface area contributed by atoms with Gasteiger partial charge in [0.2, 0.25) is 18.6 Å². The van der Waals surface area contributed by atoms with Crippen LogP contribution in [0.25, 0.3) is 6.08 Å². The Bertz CT molecular complexity index is 1250. The molecule has 0 saturated heterocycles. The second-order valence-electron chi connectivity index (χ2n) is 7.54. The van der Waals surface area contributed by atoms with Gasteiger partial charge in [0.05, 0.1) is 11.3 Å². The van der Waals surface area contributed by atoms with Gasteiger partial charge in [-0.05, 0) is 53.6 Å². The molecule has 1 heterocycles. The van der Waals surface area contributed by atoms with Crippen molar-refractivity contribution in [3.63, 3.8) is 0 Å². The molecule has 8 heteroatoms. The number of hydrogen-bond acceptors (Lipinski definition) is 5. The Labute approximate surface area is 196 Å². The minimum atomic E-state index is -0.373. The molecular formula is C26H23N3O5. The summed E-state index contributed by atoms with van der Waals surface area (Å²) in [6.45, 7) is 1.93. The zero-order valence-corrected chi connectivity index (χ0v) is 18.5. The van der Waals surface area contributed by atoms with E-state index in [1.54, 1.807) is 60.7 Å². The minimum absolute atomic E-state index is 0.152. The third-order valence-electron chi connectivity index (χ3n) is 4.98. The van der Waals surface area contributed by atoms with E-state index in [4.69, 9.17) is 9.47 Å². The summed E-state index contributed by atoms with van der Waals surface area (Å²) in [6, 6.07) is 19.3. The molecular weight excluding hydrogens is 434 g/mol. The normalized spacial score (nSPS) is 11.8. The van der Waals surface area contributed by atoms with Crippen LogP contribution in [-0.2, 0) is 16.1 Å². The first-order chi connectivity index (χ1) is 16.5. The van der Waals surface area contributed by atoms with E-state index in [2.05, 4.69) is 16.0 Å². The second-order valence-corrected chi connectivity index (χ2v) is 7.54. The SMILES string of the molecule is CC(=O)Nc1ccc(C=CC(=O)Nc2ccccc2C(=O)NCc2ccc3c(c2)OCO3)cc1. The van der Waals surface area contributed by atoms with Crippen LogP contribution in [0.15, 0.2) is 72.8 Å². The highest BCUT2D eigenvalue weighted by molar-refractivity contribution is 6.07. The van der Waals surface area contributed by atoms with Gasteiger partial charge in [-0.15, -0.1) is 0 Å². The van der Waals surface area contributed by atoms with Crippen LogP contribution in [0.1, 0.15) is 28.4 Å². The number of benzene rings is 3. The van der Waals surface area contributed by atoms with Crippen LogP contribution in [0.3, 0.4) is 0 Å². The number of anilines is 2. The Balaban J connectivity index is 1.36. The molecule has 3 aromatic carbocycles. The minimum Gasteiger partial charge on any atom is -0.454 e. The van der Waals surface area contributed by atoms with E-state index in [1.165, 1.54) is 13.0 Å². The van der Waals surface area contributed by atoms with Gasteiger partial charge in [0.1, 0.15) is 0 Å². The molecule has 3 amide bonds. The van der Waals surface area contributed by atoms with E-state index < -0.39 is 0 Å². The fraction of sp³-hybridized carbons (Fsp3) is 0.115. The maximum absolute atomic E-state index is 12.8. The molecule has 0 radical (unpaired) electrons. The Hall–Kier alpha value is -4.59. The number of amides is 3. The van der Waals surface area contributed by atoms with Gasteiger partial charge < -0.3 is 25.4 Å². The quantitative estimate of drug-likeness (QED) is 0.466. The van der Waals surface area contributed by atoms with Crippen molar-refractivity contribution in [2.24, 2.45) is 0 Å². The first-order valence-electron chi connectivity index (χ1n) is 10.6. The number of ether oxygens (including phenoxy) is 2. The van der Waals surface area contributed by atoms with Crippen LogP contribution in [-0.4, -0.2) is 24.5 Å². The summed E-state index contributed by atoms with van der Waals surface area (Å²) >= 11 is 0. The fourth-order valence-electron chi connectivity index (χ4n) is 3.35. The molecule has 8 nitrogen and oxygen atoms in total. The summed E-state index contributed by atoms with van der Waals surface area (Å²) in [5.41, 5.74) is 3.09. The van der Waals surface area contributed by atoms with Crippen LogP contribution in [0.2, 0.25) is 0 Å². The van der Waals surface area contributed by atoms with Gasteiger partial charge in [0.15, 0.2) is 11.5 Å². The molecule has 0 unspecified atom stereocenters. The van der Waals surface area contributed by atoms with Crippen molar-refractivity contribution in [2.45, 2.75) is 13.5 Å². The summed E-state index contributed by atoms with van der Waals surface area (Å²) in [5.74, 6) is 0.491. The van der Waals surface area contributed by atoms with E-state index in [-0.39, 0.29) is 24.5 Å². The Morgan fingerprint density at radius 2 is 1.68 bits per heavy atom. The van der Waals surface area contributed by atoms with E-state index >= 15 is 0 Å². The zero-order chi connectivity index (χ0) is 23.9. The smallest absolute Gasteiger partial charge is 0.253 e. The predicted octanol–water partition coefficient (Wildman–Crippen LogP) is 3.96. The van der Waals surface area contributed by atoms with Gasteiger partial charge >= 0.3 is 0 Å². The van der Waals surface area contributed by atoms with Crippen molar-refractivity contribution in [1.29, 1.82) is 0 Å². The van der Waals surface area contributed by atoms with Crippen molar-refractivity contribution in [3.8, 4) is 11.5 Å². The van der Waals surface area contributed by atoms with Gasteiger partial charge in [0, 0.05) is 25.2 Å². The number of rotatable bonds is 7. The molecule has 0 saturated carbocycles. The number of nitrogens with one attached hydrogen (secondary N) is 3. The van der Waals surface area contributed by atoms with Crippen LogP contribution < -0.4 is 25.4 Å². The fourth-order valence-corrected chi connectivity index (χ4v) is 3.35. The van der Waals surface area contributed by atoms with Crippen LogP contribution in [0.5, 0.6) is 11.5 Å². The standard InChI is InChI=1S/C26H23N3O5/c1-17(30)28-20-10-6-18(7-11-20)9-13-25(31)29-22-5-3-2-4-21(22)26(32)27-15-19-8-12-23-24(14-19)34-16-33-23/h2-14H,15-16H2,1H3,(H,27,32)(H,28,30)(H,29,31).